The summed E-state index contributed by atoms with van der Waals surface area (Å²) in [5.74, 6) is -0.218. The zero-order valence-corrected chi connectivity index (χ0v) is 13.3. The van der Waals surface area contributed by atoms with Gasteiger partial charge in [0.05, 0.1) is 18.2 Å². The van der Waals surface area contributed by atoms with E-state index in [1.807, 2.05) is 4.90 Å². The number of aryl methyl sites for hydroxylation is 1. The molecule has 1 atom stereocenters. The molecule has 0 unspecified atom stereocenters. The molecule has 1 aromatic rings. The molecule has 1 saturated heterocycles. The highest BCUT2D eigenvalue weighted by Gasteiger charge is 2.28. The minimum absolute atomic E-state index is 0.0567. The second kappa shape index (κ2) is 6.07. The van der Waals surface area contributed by atoms with E-state index in [4.69, 9.17) is 0 Å². The molecule has 0 radical (unpaired) electrons. The van der Waals surface area contributed by atoms with Crippen molar-refractivity contribution < 1.29 is 9.59 Å². The fourth-order valence-corrected chi connectivity index (χ4v) is 4.22. The van der Waals surface area contributed by atoms with Gasteiger partial charge in [-0.1, -0.05) is 0 Å². The quantitative estimate of drug-likeness (QED) is 0.866. The van der Waals surface area contributed by atoms with Crippen LogP contribution in [0.25, 0.3) is 0 Å². The molecule has 1 aliphatic carbocycles. The average Bonchev–Trinajstić information content (AvgIpc) is 3.06. The van der Waals surface area contributed by atoms with E-state index in [9.17, 15) is 14.9 Å². The number of carbonyl (C=O) groups is 2. The van der Waals surface area contributed by atoms with Crippen molar-refractivity contribution in [3.05, 3.63) is 16.0 Å². The number of piperazine rings is 1. The first-order chi connectivity index (χ1) is 10.6. The minimum Gasteiger partial charge on any atom is -0.354 e. The monoisotopic (exact) mass is 318 g/mol. The van der Waals surface area contributed by atoms with Crippen LogP contribution in [0.4, 0.5) is 5.00 Å². The van der Waals surface area contributed by atoms with E-state index in [1.54, 1.807) is 6.92 Å². The van der Waals surface area contributed by atoms with Crippen molar-refractivity contribution in [3.8, 4) is 6.07 Å². The third kappa shape index (κ3) is 2.72. The standard InChI is InChI=1S/C15H18N4O2S/c1-9(19-6-5-17-13(20)8-19)14(21)18-15-11(7-16)10-3-2-4-12(10)22-15/h9H,2-6,8H2,1H3,(H,17,20)(H,18,21)/t9-/m0/s1. The van der Waals surface area contributed by atoms with Gasteiger partial charge in [-0.3, -0.25) is 14.5 Å². The van der Waals surface area contributed by atoms with Gasteiger partial charge in [0.25, 0.3) is 0 Å². The van der Waals surface area contributed by atoms with Crippen LogP contribution in [0.15, 0.2) is 0 Å². The molecule has 0 aromatic carbocycles. The number of fused-ring (bicyclic) bond motifs is 1. The molecule has 2 heterocycles. The van der Waals surface area contributed by atoms with Crippen molar-refractivity contribution >= 4 is 28.2 Å². The Morgan fingerprint density at radius 3 is 3.05 bits per heavy atom. The van der Waals surface area contributed by atoms with Gasteiger partial charge in [-0.15, -0.1) is 11.3 Å². The lowest BCUT2D eigenvalue weighted by atomic mass is 10.1. The summed E-state index contributed by atoms with van der Waals surface area (Å²) in [6, 6.07) is 1.83. The molecule has 7 heteroatoms. The van der Waals surface area contributed by atoms with Crippen molar-refractivity contribution in [1.82, 2.24) is 10.2 Å². The van der Waals surface area contributed by atoms with E-state index in [1.165, 1.54) is 16.2 Å². The average molecular weight is 318 g/mol. The Morgan fingerprint density at radius 1 is 1.50 bits per heavy atom. The van der Waals surface area contributed by atoms with Crippen LogP contribution in [-0.2, 0) is 22.4 Å². The second-order valence-corrected chi connectivity index (χ2v) is 6.76. The van der Waals surface area contributed by atoms with E-state index in [0.29, 0.717) is 23.7 Å². The lowest BCUT2D eigenvalue weighted by molar-refractivity contribution is -0.127. The number of thiophene rings is 1. The van der Waals surface area contributed by atoms with Crippen molar-refractivity contribution in [2.75, 3.05) is 25.0 Å². The Bertz CT molecular complexity index is 661. The van der Waals surface area contributed by atoms with Crippen LogP contribution in [0.3, 0.4) is 0 Å². The smallest absolute Gasteiger partial charge is 0.242 e. The number of nitriles is 1. The van der Waals surface area contributed by atoms with Crippen molar-refractivity contribution in [3.63, 3.8) is 0 Å². The summed E-state index contributed by atoms with van der Waals surface area (Å²) < 4.78 is 0. The molecule has 3 rings (SSSR count). The van der Waals surface area contributed by atoms with E-state index in [2.05, 4.69) is 16.7 Å². The number of nitrogens with zero attached hydrogens (tertiary/aromatic N) is 2. The molecule has 0 spiro atoms. The van der Waals surface area contributed by atoms with E-state index in [-0.39, 0.29) is 18.4 Å². The van der Waals surface area contributed by atoms with Crippen LogP contribution < -0.4 is 10.6 Å². The molecule has 116 valence electrons. The minimum atomic E-state index is -0.394. The van der Waals surface area contributed by atoms with Crippen molar-refractivity contribution in [2.24, 2.45) is 0 Å². The molecule has 1 aromatic heterocycles. The summed E-state index contributed by atoms with van der Waals surface area (Å²) in [5.41, 5.74) is 1.72. The van der Waals surface area contributed by atoms with Crippen molar-refractivity contribution in [1.29, 1.82) is 5.26 Å². The summed E-state index contributed by atoms with van der Waals surface area (Å²) in [4.78, 5) is 26.9. The fourth-order valence-electron chi connectivity index (χ4n) is 2.98. The Morgan fingerprint density at radius 2 is 2.32 bits per heavy atom. The molecule has 2 amide bonds. The summed E-state index contributed by atoms with van der Waals surface area (Å²) >= 11 is 1.51. The van der Waals surface area contributed by atoms with E-state index < -0.39 is 6.04 Å². The highest BCUT2D eigenvalue weighted by Crippen LogP contribution is 2.38. The van der Waals surface area contributed by atoms with Gasteiger partial charge >= 0.3 is 0 Å². The number of nitrogens with one attached hydrogen (secondary N) is 2. The highest BCUT2D eigenvalue weighted by molar-refractivity contribution is 7.16. The molecule has 0 saturated carbocycles. The normalized spacial score (nSPS) is 19.2. The third-order valence-corrected chi connectivity index (χ3v) is 5.47. The van der Waals surface area contributed by atoms with E-state index >= 15 is 0 Å². The summed E-state index contributed by atoms with van der Waals surface area (Å²) in [7, 11) is 0. The summed E-state index contributed by atoms with van der Waals surface area (Å²) in [6.07, 6.45) is 3.00. The van der Waals surface area contributed by atoms with Crippen LogP contribution in [0.2, 0.25) is 0 Å². The van der Waals surface area contributed by atoms with Crippen LogP contribution >= 0.6 is 11.3 Å². The maximum absolute atomic E-state index is 12.4. The van der Waals surface area contributed by atoms with Gasteiger partial charge in [-0.2, -0.15) is 5.26 Å². The van der Waals surface area contributed by atoms with Gasteiger partial charge in [-0.05, 0) is 31.7 Å². The molecule has 1 aliphatic heterocycles. The van der Waals surface area contributed by atoms with Crippen molar-refractivity contribution in [2.45, 2.75) is 32.2 Å². The van der Waals surface area contributed by atoms with Gasteiger partial charge in [0.15, 0.2) is 0 Å². The molecule has 2 N–H and O–H groups in total. The molecule has 1 fully saturated rings. The van der Waals surface area contributed by atoms with Gasteiger partial charge < -0.3 is 10.6 Å². The Kier molecular flexibility index (Phi) is 4.14. The first-order valence-corrected chi connectivity index (χ1v) is 8.28. The zero-order valence-electron chi connectivity index (χ0n) is 12.4. The van der Waals surface area contributed by atoms with Crippen LogP contribution in [0.1, 0.15) is 29.3 Å². The zero-order chi connectivity index (χ0) is 15.7. The maximum Gasteiger partial charge on any atom is 0.242 e. The highest BCUT2D eigenvalue weighted by atomic mass is 32.1. The van der Waals surface area contributed by atoms with Crippen LogP contribution in [-0.4, -0.2) is 42.4 Å². The summed E-state index contributed by atoms with van der Waals surface area (Å²) in [6.45, 7) is 3.25. The third-order valence-electron chi connectivity index (χ3n) is 4.26. The number of hydrogen-bond acceptors (Lipinski definition) is 5. The number of rotatable bonds is 3. The Hall–Kier alpha value is -1.91. The molecular formula is C15H18N4O2S. The van der Waals surface area contributed by atoms with E-state index in [0.717, 1.165) is 24.8 Å². The first-order valence-electron chi connectivity index (χ1n) is 7.46. The lowest BCUT2D eigenvalue weighted by Crippen LogP contribution is -2.53. The lowest BCUT2D eigenvalue weighted by Gasteiger charge is -2.30. The number of carbonyl (C=O) groups excluding carboxylic acids is 2. The molecule has 22 heavy (non-hydrogen) atoms. The maximum atomic E-state index is 12.4. The predicted octanol–water partition coefficient (Wildman–Crippen LogP) is 0.867. The fraction of sp³-hybridized carbons (Fsp3) is 0.533. The Balaban J connectivity index is 1.72. The predicted molar refractivity (Wildman–Crippen MR) is 83.7 cm³/mol. The molecular weight excluding hydrogens is 300 g/mol. The number of hydrogen-bond donors (Lipinski definition) is 2. The van der Waals surface area contributed by atoms with Gasteiger partial charge in [0, 0.05) is 18.0 Å². The molecule has 0 bridgehead atoms. The van der Waals surface area contributed by atoms with Gasteiger partial charge in [0.1, 0.15) is 11.1 Å². The topological polar surface area (TPSA) is 85.2 Å². The first kappa shape index (κ1) is 15.0. The Labute approximate surface area is 133 Å². The van der Waals surface area contributed by atoms with Gasteiger partial charge in [-0.25, -0.2) is 0 Å². The largest absolute Gasteiger partial charge is 0.354 e. The SMILES string of the molecule is C[C@@H](C(=O)Nc1sc2c(c1C#N)CCC2)N1CCNC(=O)C1. The number of amides is 2. The summed E-state index contributed by atoms with van der Waals surface area (Å²) in [5, 5.41) is 15.6. The number of anilines is 1. The van der Waals surface area contributed by atoms with Crippen LogP contribution in [0, 0.1) is 11.3 Å². The molecule has 6 nitrogen and oxygen atoms in total. The second-order valence-electron chi connectivity index (χ2n) is 5.66. The molecule has 2 aliphatic rings. The van der Waals surface area contributed by atoms with Crippen LogP contribution in [0.5, 0.6) is 0 Å². The van der Waals surface area contributed by atoms with Gasteiger partial charge in [0.2, 0.25) is 11.8 Å².